The third-order valence-corrected chi connectivity index (χ3v) is 3.33. The van der Waals surface area contributed by atoms with Crippen LogP contribution in [0.25, 0.3) is 0 Å². The summed E-state index contributed by atoms with van der Waals surface area (Å²) in [5.41, 5.74) is 0.654. The number of benzene rings is 1. The molecule has 0 radical (unpaired) electrons. The number of phenols is 1. The first-order valence-electron chi connectivity index (χ1n) is 6.23. The summed E-state index contributed by atoms with van der Waals surface area (Å²) < 4.78 is 15.5. The van der Waals surface area contributed by atoms with Crippen molar-refractivity contribution in [2.75, 3.05) is 13.7 Å². The van der Waals surface area contributed by atoms with Gasteiger partial charge in [-0.3, -0.25) is 4.79 Å². The van der Waals surface area contributed by atoms with Crippen LogP contribution in [0.5, 0.6) is 17.2 Å². The fourth-order valence-corrected chi connectivity index (χ4v) is 2.20. The van der Waals surface area contributed by atoms with Gasteiger partial charge in [0.25, 0.3) is 0 Å². The van der Waals surface area contributed by atoms with Gasteiger partial charge in [-0.25, -0.2) is 4.79 Å². The van der Waals surface area contributed by atoms with Gasteiger partial charge in [-0.15, -0.1) is 0 Å². The second-order valence-electron chi connectivity index (χ2n) is 4.70. The smallest absolute Gasteiger partial charge is 0.339 e. The van der Waals surface area contributed by atoms with Crippen LogP contribution in [0.2, 0.25) is 0 Å². The first kappa shape index (κ1) is 13.2. The van der Waals surface area contributed by atoms with E-state index in [0.717, 1.165) is 0 Å². The number of ether oxygens (including phenoxy) is 3. The largest absolute Gasteiger partial charge is 0.507 e. The fraction of sp³-hybridized carbons (Fsp3) is 0.200. The molecule has 0 unspecified atom stereocenters. The number of phenolic OH excluding ortho intramolecular Hbond substituents is 1. The first-order chi connectivity index (χ1) is 10.0. The minimum Gasteiger partial charge on any atom is -0.507 e. The number of Topliss-reactive ketones (excluding diaryl/α,β-unsaturated/α-hetero) is 1. The fourth-order valence-electron chi connectivity index (χ4n) is 2.20. The lowest BCUT2D eigenvalue weighted by molar-refractivity contribution is -0.133. The molecule has 6 heteroatoms. The van der Waals surface area contributed by atoms with Gasteiger partial charge in [0.1, 0.15) is 35.2 Å². The quantitative estimate of drug-likeness (QED) is 0.626. The number of hydrogen-bond donors (Lipinski definition) is 1. The van der Waals surface area contributed by atoms with Crippen molar-refractivity contribution >= 4 is 11.8 Å². The second kappa shape index (κ2) is 4.66. The highest BCUT2D eigenvalue weighted by Gasteiger charge is 2.32. The summed E-state index contributed by atoms with van der Waals surface area (Å²) in [5.74, 6) is -0.356. The Bertz CT molecular complexity index is 726. The van der Waals surface area contributed by atoms with Gasteiger partial charge in [-0.1, -0.05) is 0 Å². The highest BCUT2D eigenvalue weighted by molar-refractivity contribution is 6.14. The Hall–Kier alpha value is -2.76. The number of fused-ring (bicyclic) bond motifs is 1. The van der Waals surface area contributed by atoms with E-state index < -0.39 is 11.8 Å². The van der Waals surface area contributed by atoms with Crippen LogP contribution in [0.1, 0.15) is 17.3 Å². The average Bonchev–Trinajstić information content (AvgIpc) is 2.78. The Kier molecular flexibility index (Phi) is 2.94. The molecule has 0 fully saturated rings. The minimum atomic E-state index is -0.491. The molecule has 1 N–H and O–H groups in total. The normalized spacial score (nSPS) is 20.6. The SMILES string of the molecule is COc1cc(O)c2c(c1)OC/C(=C1/C=C(C)C(=O)O1)C2=O. The van der Waals surface area contributed by atoms with E-state index in [2.05, 4.69) is 0 Å². The van der Waals surface area contributed by atoms with Crippen molar-refractivity contribution < 1.29 is 28.9 Å². The number of carbonyl (C=O) groups is 2. The van der Waals surface area contributed by atoms with Crippen molar-refractivity contribution in [2.45, 2.75) is 6.92 Å². The van der Waals surface area contributed by atoms with Gasteiger partial charge >= 0.3 is 5.97 Å². The predicted octanol–water partition coefficient (Wildman–Crippen LogP) is 1.73. The third-order valence-electron chi connectivity index (χ3n) is 3.33. The van der Waals surface area contributed by atoms with Gasteiger partial charge in [0.2, 0.25) is 5.78 Å². The van der Waals surface area contributed by atoms with Crippen molar-refractivity contribution in [1.82, 2.24) is 0 Å². The molecule has 2 aliphatic heterocycles. The topological polar surface area (TPSA) is 82.1 Å². The standard InChI is InChI=1S/C15H12O6/c1-7-3-11(21-15(7)18)9-6-20-12-5-8(19-2)4-10(16)13(12)14(9)17/h3-5,16H,6H2,1-2H3/b11-9+. The Balaban J connectivity index is 2.08. The molecule has 0 atom stereocenters. The van der Waals surface area contributed by atoms with E-state index in [4.69, 9.17) is 14.2 Å². The summed E-state index contributed by atoms with van der Waals surface area (Å²) in [7, 11) is 1.45. The zero-order valence-electron chi connectivity index (χ0n) is 11.4. The van der Waals surface area contributed by atoms with Gasteiger partial charge < -0.3 is 19.3 Å². The van der Waals surface area contributed by atoms with Crippen LogP contribution in [-0.4, -0.2) is 30.6 Å². The van der Waals surface area contributed by atoms with E-state index in [-0.39, 0.29) is 35.0 Å². The molecule has 2 aliphatic rings. The minimum absolute atomic E-state index is 0.0369. The summed E-state index contributed by atoms with van der Waals surface area (Å²) in [6.07, 6.45) is 1.49. The first-order valence-corrected chi connectivity index (χ1v) is 6.23. The molecule has 0 spiro atoms. The molecule has 0 saturated carbocycles. The highest BCUT2D eigenvalue weighted by atomic mass is 16.5. The molecule has 0 bridgehead atoms. The van der Waals surface area contributed by atoms with Crippen molar-refractivity contribution in [3.63, 3.8) is 0 Å². The van der Waals surface area contributed by atoms with E-state index >= 15 is 0 Å². The highest BCUT2D eigenvalue weighted by Crippen LogP contribution is 2.39. The lowest BCUT2D eigenvalue weighted by atomic mass is 9.98. The Labute approximate surface area is 120 Å². The average molecular weight is 288 g/mol. The molecule has 0 amide bonds. The molecular weight excluding hydrogens is 276 g/mol. The predicted molar refractivity (Wildman–Crippen MR) is 71.4 cm³/mol. The lowest BCUT2D eigenvalue weighted by Crippen LogP contribution is -2.21. The van der Waals surface area contributed by atoms with Crippen LogP contribution in [0.4, 0.5) is 0 Å². The summed E-state index contributed by atoms with van der Waals surface area (Å²) in [6, 6.07) is 2.85. The van der Waals surface area contributed by atoms with Crippen LogP contribution in [0.15, 0.2) is 35.1 Å². The van der Waals surface area contributed by atoms with E-state index in [1.165, 1.54) is 25.3 Å². The van der Waals surface area contributed by atoms with Crippen LogP contribution in [-0.2, 0) is 9.53 Å². The second-order valence-corrected chi connectivity index (χ2v) is 4.70. The molecule has 1 aromatic rings. The van der Waals surface area contributed by atoms with Crippen LogP contribution >= 0.6 is 0 Å². The number of ketones is 1. The zero-order valence-corrected chi connectivity index (χ0v) is 11.4. The Morgan fingerprint density at radius 2 is 2.05 bits per heavy atom. The molecule has 0 aliphatic carbocycles. The van der Waals surface area contributed by atoms with Gasteiger partial charge in [-0.05, 0) is 13.0 Å². The molecule has 1 aromatic carbocycles. The maximum Gasteiger partial charge on any atom is 0.339 e. The molecular formula is C15H12O6. The van der Waals surface area contributed by atoms with Crippen LogP contribution in [0.3, 0.4) is 0 Å². The van der Waals surface area contributed by atoms with Crippen LogP contribution < -0.4 is 9.47 Å². The summed E-state index contributed by atoms with van der Waals surface area (Å²) in [4.78, 5) is 23.9. The van der Waals surface area contributed by atoms with Crippen molar-refractivity contribution in [3.8, 4) is 17.2 Å². The number of allylic oxidation sites excluding steroid dienone is 1. The van der Waals surface area contributed by atoms with Gasteiger partial charge in [-0.2, -0.15) is 0 Å². The maximum absolute atomic E-state index is 12.5. The number of hydrogen-bond acceptors (Lipinski definition) is 6. The third kappa shape index (κ3) is 2.05. The van der Waals surface area contributed by atoms with Crippen molar-refractivity contribution in [3.05, 3.63) is 40.7 Å². The Morgan fingerprint density at radius 3 is 2.67 bits per heavy atom. The monoisotopic (exact) mass is 288 g/mol. The number of rotatable bonds is 1. The molecule has 0 aromatic heterocycles. The number of aromatic hydroxyl groups is 1. The summed E-state index contributed by atoms with van der Waals surface area (Å²) >= 11 is 0. The van der Waals surface area contributed by atoms with E-state index in [0.29, 0.717) is 11.3 Å². The molecule has 108 valence electrons. The van der Waals surface area contributed by atoms with Gasteiger partial charge in [0, 0.05) is 17.7 Å². The van der Waals surface area contributed by atoms with Crippen molar-refractivity contribution in [1.29, 1.82) is 0 Å². The number of methoxy groups -OCH3 is 1. The molecule has 0 saturated heterocycles. The Morgan fingerprint density at radius 1 is 1.29 bits per heavy atom. The van der Waals surface area contributed by atoms with E-state index in [9.17, 15) is 14.7 Å². The van der Waals surface area contributed by atoms with Gasteiger partial charge in [0.05, 0.1) is 12.7 Å². The van der Waals surface area contributed by atoms with E-state index in [1.54, 1.807) is 6.92 Å². The number of carbonyl (C=O) groups excluding carboxylic acids is 2. The number of esters is 1. The molecule has 3 rings (SSSR count). The van der Waals surface area contributed by atoms with Crippen LogP contribution in [0, 0.1) is 0 Å². The zero-order chi connectivity index (χ0) is 15.1. The molecule has 2 heterocycles. The maximum atomic E-state index is 12.5. The lowest BCUT2D eigenvalue weighted by Gasteiger charge is -2.21. The van der Waals surface area contributed by atoms with Gasteiger partial charge in [0.15, 0.2) is 0 Å². The van der Waals surface area contributed by atoms with Crippen molar-refractivity contribution in [2.24, 2.45) is 0 Å². The number of cyclic esters (lactones) is 1. The summed E-state index contributed by atoms with van der Waals surface area (Å²) in [5, 5.41) is 9.98. The molecule has 21 heavy (non-hydrogen) atoms. The van der Waals surface area contributed by atoms with E-state index in [1.807, 2.05) is 0 Å². The summed E-state index contributed by atoms with van der Waals surface area (Å²) in [6.45, 7) is 1.56. The molecule has 6 nitrogen and oxygen atoms in total.